The number of carbonyl (C=O) groups is 2. The number of carbonyl (C=O) groups excluding carboxylic acids is 2. The number of rotatable bonds is 5. The van der Waals surface area contributed by atoms with Crippen LogP contribution in [0.1, 0.15) is 29.3 Å². The maximum atomic E-state index is 12.5. The van der Waals surface area contributed by atoms with Crippen LogP contribution in [0.4, 0.5) is 0 Å². The maximum absolute atomic E-state index is 12.5. The van der Waals surface area contributed by atoms with Crippen molar-refractivity contribution in [3.63, 3.8) is 0 Å². The number of hydrogen-bond donors (Lipinski definition) is 0. The van der Waals surface area contributed by atoms with Crippen molar-refractivity contribution in [2.75, 3.05) is 0 Å². The molecule has 0 aliphatic carbocycles. The highest BCUT2D eigenvalue weighted by molar-refractivity contribution is 6.09. The van der Waals surface area contributed by atoms with Crippen molar-refractivity contribution in [1.29, 1.82) is 0 Å². The summed E-state index contributed by atoms with van der Waals surface area (Å²) in [4.78, 5) is 24.0. The minimum absolute atomic E-state index is 0.201. The van der Waals surface area contributed by atoms with Crippen molar-refractivity contribution in [3.8, 4) is 5.75 Å². The molecule has 0 bridgehead atoms. The lowest BCUT2D eigenvalue weighted by molar-refractivity contribution is -0.134. The Morgan fingerprint density at radius 3 is 2.44 bits per heavy atom. The normalized spacial score (nSPS) is 10.9. The number of benzene rings is 3. The number of para-hydroxylation sites is 1. The fraction of sp³-hybridized carbons (Fsp3) is 0.0909. The molecule has 0 aromatic heterocycles. The largest absolute Gasteiger partial charge is 0.426 e. The van der Waals surface area contributed by atoms with Gasteiger partial charge in [0.2, 0.25) is 0 Å². The van der Waals surface area contributed by atoms with E-state index in [1.807, 2.05) is 42.5 Å². The van der Waals surface area contributed by atoms with Gasteiger partial charge in [-0.3, -0.25) is 9.59 Å². The van der Waals surface area contributed by atoms with Gasteiger partial charge in [-0.05, 0) is 40.6 Å². The van der Waals surface area contributed by atoms with Gasteiger partial charge in [-0.15, -0.1) is 0 Å². The summed E-state index contributed by atoms with van der Waals surface area (Å²) in [7, 11) is 0. The SMILES string of the molecule is CCC(=O)Oc1ccccc1C(=O)C=Cc1ccc2ccccc2c1. The predicted molar refractivity (Wildman–Crippen MR) is 99.7 cm³/mol. The Balaban J connectivity index is 1.83. The third kappa shape index (κ3) is 4.01. The zero-order chi connectivity index (χ0) is 17.6. The van der Waals surface area contributed by atoms with Crippen LogP contribution in [0.25, 0.3) is 16.8 Å². The Morgan fingerprint density at radius 1 is 0.920 bits per heavy atom. The van der Waals surface area contributed by atoms with E-state index in [1.165, 1.54) is 6.08 Å². The molecule has 0 aliphatic heterocycles. The van der Waals surface area contributed by atoms with Gasteiger partial charge in [0, 0.05) is 6.42 Å². The molecule has 0 radical (unpaired) electrons. The van der Waals surface area contributed by atoms with Crippen LogP contribution in [0, 0.1) is 0 Å². The van der Waals surface area contributed by atoms with Gasteiger partial charge < -0.3 is 4.74 Å². The molecule has 0 unspecified atom stereocenters. The highest BCUT2D eigenvalue weighted by Gasteiger charge is 2.12. The monoisotopic (exact) mass is 330 g/mol. The summed E-state index contributed by atoms with van der Waals surface area (Å²) in [6, 6.07) is 20.9. The fourth-order valence-electron chi connectivity index (χ4n) is 2.53. The Kier molecular flexibility index (Phi) is 5.05. The highest BCUT2D eigenvalue weighted by Crippen LogP contribution is 2.21. The van der Waals surface area contributed by atoms with Crippen LogP contribution >= 0.6 is 0 Å². The molecule has 3 nitrogen and oxygen atoms in total. The Labute approximate surface area is 146 Å². The highest BCUT2D eigenvalue weighted by atomic mass is 16.5. The van der Waals surface area contributed by atoms with Gasteiger partial charge in [0.25, 0.3) is 0 Å². The molecule has 0 heterocycles. The van der Waals surface area contributed by atoms with Crippen LogP contribution in [0.15, 0.2) is 72.8 Å². The minimum Gasteiger partial charge on any atom is -0.426 e. The summed E-state index contributed by atoms with van der Waals surface area (Å²) in [5.74, 6) is -0.270. The Hall–Kier alpha value is -3.20. The average Bonchev–Trinajstić information content (AvgIpc) is 2.66. The van der Waals surface area contributed by atoms with Crippen molar-refractivity contribution in [2.24, 2.45) is 0 Å². The first kappa shape index (κ1) is 16.7. The number of hydrogen-bond acceptors (Lipinski definition) is 3. The van der Waals surface area contributed by atoms with Gasteiger partial charge in [-0.2, -0.15) is 0 Å². The Bertz CT molecular complexity index is 954. The van der Waals surface area contributed by atoms with E-state index in [1.54, 1.807) is 37.3 Å². The van der Waals surface area contributed by atoms with E-state index in [0.717, 1.165) is 16.3 Å². The summed E-state index contributed by atoms with van der Waals surface area (Å²) < 4.78 is 5.23. The second kappa shape index (κ2) is 7.58. The van der Waals surface area contributed by atoms with Gasteiger partial charge in [0.15, 0.2) is 5.78 Å². The van der Waals surface area contributed by atoms with Crippen molar-refractivity contribution in [3.05, 3.63) is 83.9 Å². The summed E-state index contributed by atoms with van der Waals surface area (Å²) in [5, 5.41) is 2.28. The van der Waals surface area contributed by atoms with E-state index in [-0.39, 0.29) is 18.2 Å². The van der Waals surface area contributed by atoms with Crippen molar-refractivity contribution < 1.29 is 14.3 Å². The quantitative estimate of drug-likeness (QED) is 0.284. The lowest BCUT2D eigenvalue weighted by atomic mass is 10.0. The summed E-state index contributed by atoms with van der Waals surface area (Å²) in [6.07, 6.45) is 3.53. The molecule has 0 atom stereocenters. The third-order valence-corrected chi connectivity index (χ3v) is 3.87. The summed E-state index contributed by atoms with van der Waals surface area (Å²) >= 11 is 0. The lowest BCUT2D eigenvalue weighted by Crippen LogP contribution is -2.09. The second-order valence-corrected chi connectivity index (χ2v) is 5.63. The van der Waals surface area contributed by atoms with Gasteiger partial charge in [-0.25, -0.2) is 0 Å². The molecule has 0 saturated heterocycles. The van der Waals surface area contributed by atoms with E-state index in [2.05, 4.69) is 0 Å². The molecule has 0 amide bonds. The topological polar surface area (TPSA) is 43.4 Å². The first-order chi connectivity index (χ1) is 12.2. The number of ether oxygens (including phenoxy) is 1. The molecular formula is C22H18O3. The van der Waals surface area contributed by atoms with Gasteiger partial charge in [-0.1, -0.05) is 61.5 Å². The molecule has 0 spiro atoms. The molecule has 0 aliphatic rings. The van der Waals surface area contributed by atoms with E-state index in [9.17, 15) is 9.59 Å². The van der Waals surface area contributed by atoms with Crippen molar-refractivity contribution in [2.45, 2.75) is 13.3 Å². The van der Waals surface area contributed by atoms with E-state index in [4.69, 9.17) is 4.74 Å². The fourth-order valence-corrected chi connectivity index (χ4v) is 2.53. The molecule has 124 valence electrons. The van der Waals surface area contributed by atoms with E-state index < -0.39 is 0 Å². The summed E-state index contributed by atoms with van der Waals surface area (Å²) in [5.41, 5.74) is 1.32. The molecule has 3 rings (SSSR count). The van der Waals surface area contributed by atoms with E-state index in [0.29, 0.717) is 11.3 Å². The third-order valence-electron chi connectivity index (χ3n) is 3.87. The van der Waals surface area contributed by atoms with Gasteiger partial charge in [0.05, 0.1) is 5.56 Å². The molecule has 3 aromatic rings. The number of esters is 1. The molecule has 3 aromatic carbocycles. The maximum Gasteiger partial charge on any atom is 0.310 e. The van der Waals surface area contributed by atoms with Crippen molar-refractivity contribution in [1.82, 2.24) is 0 Å². The molecule has 0 fully saturated rings. The molecule has 0 N–H and O–H groups in total. The second-order valence-electron chi connectivity index (χ2n) is 5.63. The zero-order valence-corrected chi connectivity index (χ0v) is 13.9. The van der Waals surface area contributed by atoms with Crippen LogP contribution in [-0.2, 0) is 4.79 Å². The lowest BCUT2D eigenvalue weighted by Gasteiger charge is -2.06. The predicted octanol–water partition coefficient (Wildman–Crippen LogP) is 5.05. The van der Waals surface area contributed by atoms with Gasteiger partial charge >= 0.3 is 5.97 Å². The van der Waals surface area contributed by atoms with Gasteiger partial charge in [0.1, 0.15) is 5.75 Å². The first-order valence-electron chi connectivity index (χ1n) is 8.18. The molecular weight excluding hydrogens is 312 g/mol. The smallest absolute Gasteiger partial charge is 0.310 e. The first-order valence-corrected chi connectivity index (χ1v) is 8.18. The van der Waals surface area contributed by atoms with E-state index >= 15 is 0 Å². The Morgan fingerprint density at radius 2 is 1.64 bits per heavy atom. The zero-order valence-electron chi connectivity index (χ0n) is 13.9. The standard InChI is InChI=1S/C22H18O3/c1-2-22(24)25-21-10-6-5-9-19(21)20(23)14-12-16-11-13-17-7-3-4-8-18(17)15-16/h3-15H,2H2,1H3. The molecule has 0 saturated carbocycles. The summed E-state index contributed by atoms with van der Waals surface area (Å²) in [6.45, 7) is 1.71. The average molecular weight is 330 g/mol. The van der Waals surface area contributed by atoms with Crippen LogP contribution in [-0.4, -0.2) is 11.8 Å². The molecule has 3 heteroatoms. The number of fused-ring (bicyclic) bond motifs is 1. The molecule has 25 heavy (non-hydrogen) atoms. The van der Waals surface area contributed by atoms with Crippen LogP contribution in [0.5, 0.6) is 5.75 Å². The van der Waals surface area contributed by atoms with Crippen LogP contribution in [0.3, 0.4) is 0 Å². The van der Waals surface area contributed by atoms with Crippen LogP contribution in [0.2, 0.25) is 0 Å². The number of allylic oxidation sites excluding steroid dienone is 1. The van der Waals surface area contributed by atoms with Crippen molar-refractivity contribution >= 4 is 28.6 Å². The number of ketones is 1. The minimum atomic E-state index is -0.362. The van der Waals surface area contributed by atoms with Crippen LogP contribution < -0.4 is 4.74 Å².